The van der Waals surface area contributed by atoms with Gasteiger partial charge in [0.15, 0.2) is 0 Å². The molecule has 0 radical (unpaired) electrons. The van der Waals surface area contributed by atoms with Crippen LogP contribution in [-0.4, -0.2) is 38.0 Å². The summed E-state index contributed by atoms with van der Waals surface area (Å²) < 4.78 is 0. The van der Waals surface area contributed by atoms with Crippen LogP contribution in [-0.2, 0) is 24.6 Å². The van der Waals surface area contributed by atoms with Gasteiger partial charge in [-0.1, -0.05) is 146 Å². The lowest BCUT2D eigenvalue weighted by atomic mass is 9.87. The number of hydrogen-bond acceptors (Lipinski definition) is 3. The first-order valence-corrected chi connectivity index (χ1v) is 19.0. The normalized spacial score (nSPS) is 11.9. The summed E-state index contributed by atoms with van der Waals surface area (Å²) in [5, 5.41) is 10.4. The van der Waals surface area contributed by atoms with E-state index in [1.165, 1.54) is 87.6 Å². The van der Waals surface area contributed by atoms with E-state index in [0.29, 0.717) is 0 Å². The fourth-order valence-corrected chi connectivity index (χ4v) is 8.93. The molecule has 0 aromatic heterocycles. The van der Waals surface area contributed by atoms with Gasteiger partial charge >= 0.3 is 0 Å². The molecule has 0 aliphatic rings. The van der Waals surface area contributed by atoms with Crippen LogP contribution in [0.15, 0.2) is 146 Å². The number of rotatable bonds is 10. The Morgan fingerprint density at radius 1 is 0.333 bits per heavy atom. The fraction of sp³-hybridized carbons (Fsp3) is 0.167. The SMILES string of the molecule is CN(C)Cc1ccc2ccccc2c1-c1c(CSCc2ccc3ccccc3c2-c2c(CN(C)C)ccc3ccccc23)ccc2ccccc12. The molecule has 0 heterocycles. The summed E-state index contributed by atoms with van der Waals surface area (Å²) in [6, 6.07) is 54.3. The zero-order valence-corrected chi connectivity index (χ0v) is 30.8. The van der Waals surface area contributed by atoms with E-state index >= 15 is 0 Å². The highest BCUT2D eigenvalue weighted by atomic mass is 32.2. The minimum absolute atomic E-state index is 0.886. The lowest BCUT2D eigenvalue weighted by molar-refractivity contribution is 0.403. The van der Waals surface area contributed by atoms with Crippen LogP contribution < -0.4 is 0 Å². The van der Waals surface area contributed by atoms with Crippen molar-refractivity contribution in [3.63, 3.8) is 0 Å². The molecule has 0 amide bonds. The Balaban J connectivity index is 1.26. The smallest absolute Gasteiger partial charge is 0.0234 e. The molecule has 0 bridgehead atoms. The zero-order valence-electron chi connectivity index (χ0n) is 30.0. The maximum Gasteiger partial charge on any atom is 0.0234 e. The Morgan fingerprint density at radius 2 is 0.608 bits per heavy atom. The van der Waals surface area contributed by atoms with Gasteiger partial charge in [-0.15, -0.1) is 0 Å². The Hall–Kier alpha value is -4.93. The van der Waals surface area contributed by atoms with E-state index in [9.17, 15) is 0 Å². The molecule has 0 N–H and O–H groups in total. The van der Waals surface area contributed by atoms with Crippen LogP contribution in [0.5, 0.6) is 0 Å². The van der Waals surface area contributed by atoms with Gasteiger partial charge in [-0.2, -0.15) is 11.8 Å². The van der Waals surface area contributed by atoms with Crippen LogP contribution in [0.4, 0.5) is 0 Å². The summed E-state index contributed by atoms with van der Waals surface area (Å²) in [6.45, 7) is 1.77. The lowest BCUT2D eigenvalue weighted by Gasteiger charge is -2.22. The number of fused-ring (bicyclic) bond motifs is 4. The van der Waals surface area contributed by atoms with E-state index in [2.05, 4.69) is 184 Å². The minimum Gasteiger partial charge on any atom is -0.305 e. The second kappa shape index (κ2) is 14.4. The van der Waals surface area contributed by atoms with Gasteiger partial charge in [-0.05, 0) is 116 Å². The van der Waals surface area contributed by atoms with Crippen molar-refractivity contribution in [3.05, 3.63) is 168 Å². The van der Waals surface area contributed by atoms with Crippen molar-refractivity contribution in [2.75, 3.05) is 28.2 Å². The maximum atomic E-state index is 2.38. The Labute approximate surface area is 306 Å². The molecule has 0 aliphatic heterocycles. The molecule has 8 aromatic carbocycles. The van der Waals surface area contributed by atoms with Crippen LogP contribution in [0.3, 0.4) is 0 Å². The molecule has 0 atom stereocenters. The van der Waals surface area contributed by atoms with E-state index < -0.39 is 0 Å². The molecule has 2 nitrogen and oxygen atoms in total. The highest BCUT2D eigenvalue weighted by molar-refractivity contribution is 7.97. The van der Waals surface area contributed by atoms with E-state index in [1.807, 2.05) is 11.8 Å². The quantitative estimate of drug-likeness (QED) is 0.142. The Kier molecular flexibility index (Phi) is 9.36. The van der Waals surface area contributed by atoms with Gasteiger partial charge in [0, 0.05) is 24.6 Å². The number of thioether (sulfide) groups is 1. The second-order valence-electron chi connectivity index (χ2n) is 14.3. The first-order chi connectivity index (χ1) is 25.0. The van der Waals surface area contributed by atoms with Crippen molar-refractivity contribution in [2.45, 2.75) is 24.6 Å². The minimum atomic E-state index is 0.886. The molecular formula is C48H44N2S. The average molecular weight is 681 g/mol. The number of nitrogens with zero attached hydrogens (tertiary/aromatic N) is 2. The molecule has 0 saturated carbocycles. The molecule has 0 aliphatic carbocycles. The summed E-state index contributed by atoms with van der Waals surface area (Å²) >= 11 is 2.02. The van der Waals surface area contributed by atoms with Crippen LogP contribution >= 0.6 is 11.8 Å². The summed E-state index contributed by atoms with van der Waals surface area (Å²) in [4.78, 5) is 4.57. The predicted octanol–water partition coefficient (Wildman–Crippen LogP) is 12.2. The maximum absolute atomic E-state index is 2.38. The molecule has 0 saturated heterocycles. The third-order valence-corrected chi connectivity index (χ3v) is 11.1. The van der Waals surface area contributed by atoms with E-state index in [-0.39, 0.29) is 0 Å². The molecule has 3 heteroatoms. The van der Waals surface area contributed by atoms with Crippen LogP contribution in [0, 0.1) is 0 Å². The third kappa shape index (κ3) is 6.54. The molecule has 51 heavy (non-hydrogen) atoms. The van der Waals surface area contributed by atoms with Crippen molar-refractivity contribution >= 4 is 54.9 Å². The summed E-state index contributed by atoms with van der Waals surface area (Å²) in [5.74, 6) is 1.83. The van der Waals surface area contributed by atoms with Crippen molar-refractivity contribution in [2.24, 2.45) is 0 Å². The third-order valence-electron chi connectivity index (χ3n) is 10.0. The van der Waals surface area contributed by atoms with Gasteiger partial charge < -0.3 is 9.80 Å². The van der Waals surface area contributed by atoms with Gasteiger partial charge in [-0.3, -0.25) is 0 Å². The van der Waals surface area contributed by atoms with Gasteiger partial charge in [-0.25, -0.2) is 0 Å². The van der Waals surface area contributed by atoms with Crippen LogP contribution in [0.1, 0.15) is 22.3 Å². The molecule has 0 fully saturated rings. The van der Waals surface area contributed by atoms with Gasteiger partial charge in [0.1, 0.15) is 0 Å². The average Bonchev–Trinajstić information content (AvgIpc) is 3.14. The first kappa shape index (κ1) is 33.2. The summed E-state index contributed by atoms with van der Waals surface area (Å²) in [7, 11) is 8.67. The molecule has 8 rings (SSSR count). The molecular weight excluding hydrogens is 637 g/mol. The standard InChI is InChI=1S/C48H44N2S/c1-49(2)29-37-25-21-33-13-5-9-17-41(33)45(37)47-39(27-23-35-15-7-11-19-43(35)47)31-51-32-40-28-24-36-16-8-12-20-44(36)48(40)46-38(30-50(3)4)26-22-34-14-6-10-18-42(34)46/h5-28H,29-32H2,1-4H3. The first-order valence-electron chi connectivity index (χ1n) is 17.9. The zero-order chi connectivity index (χ0) is 34.9. The summed E-state index contributed by atoms with van der Waals surface area (Å²) in [6.07, 6.45) is 0. The highest BCUT2D eigenvalue weighted by Gasteiger charge is 2.20. The van der Waals surface area contributed by atoms with E-state index in [0.717, 1.165) is 24.6 Å². The molecule has 0 spiro atoms. The van der Waals surface area contributed by atoms with Crippen LogP contribution in [0.25, 0.3) is 65.3 Å². The van der Waals surface area contributed by atoms with Crippen molar-refractivity contribution in [1.29, 1.82) is 0 Å². The predicted molar refractivity (Wildman–Crippen MR) is 224 cm³/mol. The second-order valence-corrected chi connectivity index (χ2v) is 15.2. The lowest BCUT2D eigenvalue weighted by Crippen LogP contribution is -2.12. The van der Waals surface area contributed by atoms with Gasteiger partial charge in [0.25, 0.3) is 0 Å². The largest absolute Gasteiger partial charge is 0.305 e. The Morgan fingerprint density at radius 3 is 0.922 bits per heavy atom. The number of benzene rings is 8. The van der Waals surface area contributed by atoms with E-state index in [1.54, 1.807) is 0 Å². The van der Waals surface area contributed by atoms with Crippen molar-refractivity contribution in [3.8, 4) is 22.3 Å². The fourth-order valence-electron chi connectivity index (χ4n) is 7.90. The molecule has 8 aromatic rings. The molecule has 0 unspecified atom stereocenters. The van der Waals surface area contributed by atoms with Crippen LogP contribution in [0.2, 0.25) is 0 Å². The highest BCUT2D eigenvalue weighted by Crippen LogP contribution is 2.43. The Bertz CT molecular complexity index is 2350. The van der Waals surface area contributed by atoms with Crippen molar-refractivity contribution in [1.82, 2.24) is 9.80 Å². The van der Waals surface area contributed by atoms with Gasteiger partial charge in [0.2, 0.25) is 0 Å². The number of hydrogen-bond donors (Lipinski definition) is 0. The van der Waals surface area contributed by atoms with Gasteiger partial charge in [0.05, 0.1) is 0 Å². The molecule has 252 valence electrons. The monoisotopic (exact) mass is 680 g/mol. The van der Waals surface area contributed by atoms with Crippen molar-refractivity contribution < 1.29 is 0 Å². The topological polar surface area (TPSA) is 6.48 Å². The van der Waals surface area contributed by atoms with E-state index in [4.69, 9.17) is 0 Å². The summed E-state index contributed by atoms with van der Waals surface area (Å²) in [5.41, 5.74) is 11.0.